The van der Waals surface area contributed by atoms with Crippen LogP contribution in [0.15, 0.2) is 65.7 Å². The topological polar surface area (TPSA) is 107 Å². The van der Waals surface area contributed by atoms with Crippen LogP contribution >= 0.6 is 0 Å². The van der Waals surface area contributed by atoms with Gasteiger partial charge < -0.3 is 4.74 Å². The molecule has 0 aliphatic carbocycles. The maximum Gasteiger partial charge on any atom is 0.268 e. The SMILES string of the molecule is Cc1ccc(S(=O)(=O)n2ccc3c(C(=O)c4nc5ccc(C#N)cc5n4COCC[Si](C)(C)C)c(C)cc(C)c32)cc1. The van der Waals surface area contributed by atoms with E-state index in [0.717, 1.165) is 17.2 Å². The Hall–Kier alpha value is -4.04. The van der Waals surface area contributed by atoms with Crippen LogP contribution < -0.4 is 0 Å². The van der Waals surface area contributed by atoms with Gasteiger partial charge in [0.15, 0.2) is 5.82 Å². The summed E-state index contributed by atoms with van der Waals surface area (Å²) in [5, 5.41) is 10.0. The number of imidazole rings is 1. The molecule has 216 valence electrons. The molecule has 2 heterocycles. The van der Waals surface area contributed by atoms with E-state index >= 15 is 0 Å². The van der Waals surface area contributed by atoms with Gasteiger partial charge in [0.2, 0.25) is 5.78 Å². The first kappa shape index (κ1) is 29.4. The number of aromatic nitrogens is 3. The van der Waals surface area contributed by atoms with Gasteiger partial charge >= 0.3 is 0 Å². The Labute approximate surface area is 247 Å². The molecule has 0 N–H and O–H groups in total. The first-order valence-corrected chi connectivity index (χ1v) is 18.9. The standard InChI is InChI=1S/C32H34N4O4SSi/c1-21-7-10-25(11-8-21)41(38,39)36-14-13-26-29(22(2)17-23(3)30(26)36)31(37)32-34-27-12-9-24(19-33)18-28(27)35(32)20-40-15-16-42(4,5)6/h7-14,17-18H,15-16,20H2,1-6H3. The molecule has 0 aliphatic heterocycles. The van der Waals surface area contributed by atoms with Crippen molar-refractivity contribution in [1.82, 2.24) is 13.5 Å². The molecule has 0 unspecified atom stereocenters. The van der Waals surface area contributed by atoms with Crippen molar-refractivity contribution in [2.24, 2.45) is 0 Å². The Morgan fingerprint density at radius 3 is 2.38 bits per heavy atom. The highest BCUT2D eigenvalue weighted by Gasteiger charge is 2.27. The summed E-state index contributed by atoms with van der Waals surface area (Å²) >= 11 is 0. The molecule has 5 aromatic rings. The number of ketones is 1. The third kappa shape index (κ3) is 5.43. The molecule has 3 aromatic carbocycles. The lowest BCUT2D eigenvalue weighted by Gasteiger charge is -2.17. The predicted octanol–water partition coefficient (Wildman–Crippen LogP) is 6.57. The van der Waals surface area contributed by atoms with E-state index in [-0.39, 0.29) is 23.2 Å². The van der Waals surface area contributed by atoms with Crippen molar-refractivity contribution >= 4 is 45.8 Å². The number of hydrogen-bond donors (Lipinski definition) is 0. The normalized spacial score (nSPS) is 12.2. The van der Waals surface area contributed by atoms with Gasteiger partial charge in [-0.3, -0.25) is 9.36 Å². The van der Waals surface area contributed by atoms with Crippen molar-refractivity contribution in [3.8, 4) is 6.07 Å². The number of ether oxygens (including phenoxy) is 1. The fourth-order valence-electron chi connectivity index (χ4n) is 5.15. The van der Waals surface area contributed by atoms with Crippen molar-refractivity contribution in [2.75, 3.05) is 6.61 Å². The number of nitriles is 1. The second-order valence-corrected chi connectivity index (χ2v) is 19.4. The third-order valence-electron chi connectivity index (χ3n) is 7.42. The maximum atomic E-state index is 14.3. The van der Waals surface area contributed by atoms with E-state index in [4.69, 9.17) is 4.74 Å². The third-order valence-corrected chi connectivity index (χ3v) is 10.8. The Morgan fingerprint density at radius 1 is 1.00 bits per heavy atom. The van der Waals surface area contributed by atoms with Gasteiger partial charge in [0.1, 0.15) is 6.73 Å². The van der Waals surface area contributed by atoms with E-state index in [1.807, 2.05) is 26.8 Å². The number of carbonyl (C=O) groups excluding carboxylic acids is 1. The van der Waals surface area contributed by atoms with Crippen LogP contribution in [0.25, 0.3) is 21.9 Å². The van der Waals surface area contributed by atoms with Crippen LogP contribution in [0.5, 0.6) is 0 Å². The number of rotatable bonds is 9. The summed E-state index contributed by atoms with van der Waals surface area (Å²) in [6.07, 6.45) is 1.50. The highest BCUT2D eigenvalue weighted by Crippen LogP contribution is 2.32. The molecule has 0 amide bonds. The second-order valence-electron chi connectivity index (χ2n) is 11.9. The van der Waals surface area contributed by atoms with Crippen LogP contribution in [0.1, 0.15) is 38.4 Å². The first-order valence-electron chi connectivity index (χ1n) is 13.8. The van der Waals surface area contributed by atoms with Crippen LogP contribution in [0.2, 0.25) is 25.7 Å². The van der Waals surface area contributed by atoms with Gasteiger partial charge in [0.25, 0.3) is 10.0 Å². The summed E-state index contributed by atoms with van der Waals surface area (Å²) in [4.78, 5) is 19.2. The lowest BCUT2D eigenvalue weighted by molar-refractivity contribution is 0.0835. The van der Waals surface area contributed by atoms with Crippen molar-refractivity contribution in [2.45, 2.75) is 58.1 Å². The monoisotopic (exact) mass is 598 g/mol. The zero-order chi connectivity index (χ0) is 30.4. The Morgan fingerprint density at radius 2 is 1.71 bits per heavy atom. The second kappa shape index (κ2) is 11.0. The van der Waals surface area contributed by atoms with Crippen LogP contribution in [-0.4, -0.2) is 42.4 Å². The molecule has 0 atom stereocenters. The van der Waals surface area contributed by atoms with Crippen molar-refractivity contribution in [1.29, 1.82) is 5.26 Å². The number of hydrogen-bond acceptors (Lipinski definition) is 6. The number of nitrogens with zero attached hydrogens (tertiary/aromatic N) is 4. The minimum atomic E-state index is -3.91. The fraction of sp³-hybridized carbons (Fsp3) is 0.281. The molecule has 0 fully saturated rings. The lowest BCUT2D eigenvalue weighted by atomic mass is 9.97. The van der Waals surface area contributed by atoms with E-state index in [0.29, 0.717) is 45.2 Å². The summed E-state index contributed by atoms with van der Waals surface area (Å²) in [5.74, 6) is -0.165. The summed E-state index contributed by atoms with van der Waals surface area (Å²) in [6, 6.07) is 18.5. The molecular weight excluding hydrogens is 565 g/mol. The van der Waals surface area contributed by atoms with Crippen molar-refractivity contribution < 1.29 is 17.9 Å². The number of fused-ring (bicyclic) bond motifs is 2. The number of aryl methyl sites for hydroxylation is 3. The summed E-state index contributed by atoms with van der Waals surface area (Å²) in [6.45, 7) is 13.1. The van der Waals surface area contributed by atoms with Crippen LogP contribution in [0.3, 0.4) is 0 Å². The number of benzene rings is 3. The largest absolute Gasteiger partial charge is 0.361 e. The van der Waals surface area contributed by atoms with Crippen molar-refractivity contribution in [3.05, 3.63) is 94.4 Å². The predicted molar refractivity (Wildman–Crippen MR) is 167 cm³/mol. The van der Waals surface area contributed by atoms with E-state index in [1.54, 1.807) is 53.1 Å². The van der Waals surface area contributed by atoms with Crippen LogP contribution in [0, 0.1) is 32.1 Å². The van der Waals surface area contributed by atoms with Crippen LogP contribution in [-0.2, 0) is 21.5 Å². The van der Waals surface area contributed by atoms with Crippen molar-refractivity contribution in [3.63, 3.8) is 0 Å². The molecule has 42 heavy (non-hydrogen) atoms. The molecule has 0 bridgehead atoms. The molecule has 0 saturated carbocycles. The smallest absolute Gasteiger partial charge is 0.268 e. The Kier molecular flexibility index (Phi) is 7.70. The van der Waals surface area contributed by atoms with Gasteiger partial charge in [-0.2, -0.15) is 5.26 Å². The molecule has 5 rings (SSSR count). The van der Waals surface area contributed by atoms with E-state index in [9.17, 15) is 18.5 Å². The van der Waals surface area contributed by atoms with Gasteiger partial charge in [-0.25, -0.2) is 17.4 Å². The Bertz CT molecular complexity index is 1990. The zero-order valence-electron chi connectivity index (χ0n) is 24.7. The molecule has 2 aromatic heterocycles. The van der Waals surface area contributed by atoms with Gasteiger partial charge in [-0.15, -0.1) is 0 Å². The highest BCUT2D eigenvalue weighted by molar-refractivity contribution is 7.90. The quantitative estimate of drug-likeness (QED) is 0.108. The minimum Gasteiger partial charge on any atom is -0.361 e. The Balaban J connectivity index is 1.64. The zero-order valence-corrected chi connectivity index (χ0v) is 26.5. The first-order chi connectivity index (χ1) is 19.8. The van der Waals surface area contributed by atoms with Gasteiger partial charge in [-0.05, 0) is 74.3 Å². The molecule has 0 saturated heterocycles. The van der Waals surface area contributed by atoms with Gasteiger partial charge in [-0.1, -0.05) is 43.4 Å². The maximum absolute atomic E-state index is 14.3. The van der Waals surface area contributed by atoms with E-state index in [1.165, 1.54) is 10.2 Å². The van der Waals surface area contributed by atoms with Crippen LogP contribution in [0.4, 0.5) is 0 Å². The fourth-order valence-corrected chi connectivity index (χ4v) is 7.32. The average molecular weight is 599 g/mol. The van der Waals surface area contributed by atoms with Gasteiger partial charge in [0.05, 0.1) is 33.1 Å². The summed E-state index contributed by atoms with van der Waals surface area (Å²) in [7, 11) is -5.24. The highest BCUT2D eigenvalue weighted by atomic mass is 32.2. The molecule has 0 radical (unpaired) electrons. The lowest BCUT2D eigenvalue weighted by Crippen LogP contribution is -2.22. The molecule has 0 aliphatic rings. The molecular formula is C32H34N4O4SSi. The van der Waals surface area contributed by atoms with E-state index in [2.05, 4.69) is 30.7 Å². The molecule has 10 heteroatoms. The van der Waals surface area contributed by atoms with Gasteiger partial charge in [0, 0.05) is 31.8 Å². The summed E-state index contributed by atoms with van der Waals surface area (Å²) in [5.41, 5.74) is 4.90. The molecule has 0 spiro atoms. The van der Waals surface area contributed by atoms with E-state index < -0.39 is 18.1 Å². The number of carbonyl (C=O) groups is 1. The minimum absolute atomic E-state index is 0.105. The summed E-state index contributed by atoms with van der Waals surface area (Å²) < 4.78 is 36.4. The average Bonchev–Trinajstić information content (AvgIpc) is 3.53. The molecule has 8 nitrogen and oxygen atoms in total.